The average molecular weight is 368 g/mol. The lowest BCUT2D eigenvalue weighted by molar-refractivity contribution is 0.0600. The number of carbonyl (C=O) groups is 1. The van der Waals surface area contributed by atoms with E-state index in [9.17, 15) is 15.0 Å². The summed E-state index contributed by atoms with van der Waals surface area (Å²) in [6, 6.07) is 9.53. The third-order valence-electron chi connectivity index (χ3n) is 4.20. The Morgan fingerprint density at radius 3 is 2.67 bits per heavy atom. The molecule has 3 aromatic rings. The smallest absolute Gasteiger partial charge is 0.337 e. The summed E-state index contributed by atoms with van der Waals surface area (Å²) < 4.78 is 6.36. The molecule has 0 saturated carbocycles. The second-order valence-electron chi connectivity index (χ2n) is 6.04. The van der Waals surface area contributed by atoms with Crippen LogP contribution in [0.15, 0.2) is 36.4 Å². The molecular weight excluding hydrogens is 348 g/mol. The number of ether oxygens (including phenoxy) is 1. The molecule has 0 aliphatic heterocycles. The van der Waals surface area contributed by atoms with E-state index in [1.165, 1.54) is 13.2 Å². The summed E-state index contributed by atoms with van der Waals surface area (Å²) >= 11 is 0. The van der Waals surface area contributed by atoms with E-state index in [0.29, 0.717) is 34.6 Å². The molecule has 0 bridgehead atoms. The van der Waals surface area contributed by atoms with Crippen molar-refractivity contribution < 1.29 is 19.7 Å². The van der Waals surface area contributed by atoms with Gasteiger partial charge in [0.25, 0.3) is 0 Å². The van der Waals surface area contributed by atoms with E-state index in [1.54, 1.807) is 35.0 Å². The van der Waals surface area contributed by atoms with Crippen molar-refractivity contribution in [2.75, 3.05) is 7.11 Å². The number of unbranched alkanes of at least 4 members (excludes halogenated alkanes) is 1. The second-order valence-corrected chi connectivity index (χ2v) is 6.04. The molecule has 0 amide bonds. The first kappa shape index (κ1) is 18.4. The maximum absolute atomic E-state index is 11.8. The van der Waals surface area contributed by atoms with Crippen LogP contribution in [-0.2, 0) is 11.3 Å². The highest BCUT2D eigenvalue weighted by Gasteiger charge is 2.18. The molecule has 1 heterocycles. The number of methoxy groups -OCH3 is 1. The Kier molecular flexibility index (Phi) is 5.35. The Morgan fingerprint density at radius 2 is 1.93 bits per heavy atom. The van der Waals surface area contributed by atoms with E-state index in [2.05, 4.69) is 22.4 Å². The van der Waals surface area contributed by atoms with Gasteiger partial charge < -0.3 is 14.9 Å². The van der Waals surface area contributed by atoms with Crippen LogP contribution in [0, 0.1) is 0 Å². The highest BCUT2D eigenvalue weighted by atomic mass is 16.5. The molecule has 8 heteroatoms. The SMILES string of the molecule is CCCCn1nnnc1-c1cc(-c2cccc(C(=O)OC)c2)c(O)cc1O. The number of phenolic OH excluding ortho intramolecular Hbond substituents is 2. The molecule has 0 spiro atoms. The number of benzene rings is 2. The fourth-order valence-corrected chi connectivity index (χ4v) is 2.78. The summed E-state index contributed by atoms with van der Waals surface area (Å²) in [6.07, 6.45) is 1.87. The lowest BCUT2D eigenvalue weighted by atomic mass is 9.99. The fourth-order valence-electron chi connectivity index (χ4n) is 2.78. The van der Waals surface area contributed by atoms with Gasteiger partial charge in [-0.1, -0.05) is 25.5 Å². The van der Waals surface area contributed by atoms with E-state index < -0.39 is 5.97 Å². The van der Waals surface area contributed by atoms with Crippen molar-refractivity contribution in [1.82, 2.24) is 20.2 Å². The van der Waals surface area contributed by atoms with E-state index in [1.807, 2.05) is 0 Å². The quantitative estimate of drug-likeness (QED) is 0.643. The third-order valence-corrected chi connectivity index (χ3v) is 4.20. The van der Waals surface area contributed by atoms with Gasteiger partial charge in [0.15, 0.2) is 5.82 Å². The van der Waals surface area contributed by atoms with Crippen molar-refractivity contribution in [1.29, 1.82) is 0 Å². The summed E-state index contributed by atoms with van der Waals surface area (Å²) in [6.45, 7) is 2.68. The standard InChI is InChI=1S/C19H20N4O4/c1-3-4-8-23-18(20-21-22-23)15-10-14(16(24)11-17(15)25)12-6-5-7-13(9-12)19(26)27-2/h5-7,9-11,24-25H,3-4,8H2,1-2H3. The van der Waals surface area contributed by atoms with Gasteiger partial charge >= 0.3 is 5.97 Å². The predicted octanol–water partition coefficient (Wildman–Crippen LogP) is 3.01. The first-order valence-electron chi connectivity index (χ1n) is 8.56. The van der Waals surface area contributed by atoms with Crippen molar-refractivity contribution in [3.05, 3.63) is 42.0 Å². The number of tetrazole rings is 1. The topological polar surface area (TPSA) is 110 Å². The molecule has 3 rings (SSSR count). The Bertz CT molecular complexity index is 968. The van der Waals surface area contributed by atoms with Crippen molar-refractivity contribution >= 4 is 5.97 Å². The minimum atomic E-state index is -0.473. The Labute approximate surface area is 156 Å². The zero-order chi connectivity index (χ0) is 19.4. The Hall–Kier alpha value is -3.42. The summed E-state index contributed by atoms with van der Waals surface area (Å²) in [5, 5.41) is 32.3. The van der Waals surface area contributed by atoms with Crippen LogP contribution >= 0.6 is 0 Å². The maximum atomic E-state index is 11.8. The summed E-state index contributed by atoms with van der Waals surface area (Å²) in [4.78, 5) is 11.8. The number of hydrogen-bond donors (Lipinski definition) is 2. The zero-order valence-corrected chi connectivity index (χ0v) is 15.1. The van der Waals surface area contributed by atoms with Gasteiger partial charge in [-0.2, -0.15) is 0 Å². The van der Waals surface area contributed by atoms with Gasteiger partial charge in [0.05, 0.1) is 18.2 Å². The molecule has 2 N–H and O–H groups in total. The van der Waals surface area contributed by atoms with Gasteiger partial charge in [-0.3, -0.25) is 0 Å². The number of rotatable bonds is 6. The second kappa shape index (κ2) is 7.86. The normalized spacial score (nSPS) is 10.7. The van der Waals surface area contributed by atoms with Crippen molar-refractivity contribution in [3.8, 4) is 34.0 Å². The maximum Gasteiger partial charge on any atom is 0.337 e. The van der Waals surface area contributed by atoms with Crippen LogP contribution in [0.2, 0.25) is 0 Å². The van der Waals surface area contributed by atoms with Gasteiger partial charge in [-0.25, -0.2) is 9.48 Å². The number of aromatic hydroxyl groups is 2. The van der Waals surface area contributed by atoms with Crippen LogP contribution in [0.3, 0.4) is 0 Å². The van der Waals surface area contributed by atoms with E-state index in [-0.39, 0.29) is 11.5 Å². The monoisotopic (exact) mass is 368 g/mol. The summed E-state index contributed by atoms with van der Waals surface area (Å²) in [5.74, 6) is -0.316. The van der Waals surface area contributed by atoms with Crippen LogP contribution in [0.4, 0.5) is 0 Å². The van der Waals surface area contributed by atoms with Crippen LogP contribution in [0.1, 0.15) is 30.1 Å². The van der Waals surface area contributed by atoms with Crippen LogP contribution in [-0.4, -0.2) is 43.5 Å². The van der Waals surface area contributed by atoms with E-state index in [0.717, 1.165) is 12.8 Å². The molecular formula is C19H20N4O4. The molecule has 0 aliphatic rings. The van der Waals surface area contributed by atoms with Crippen molar-refractivity contribution in [2.45, 2.75) is 26.3 Å². The van der Waals surface area contributed by atoms with E-state index in [4.69, 9.17) is 4.74 Å². The third kappa shape index (κ3) is 3.74. The number of aromatic nitrogens is 4. The highest BCUT2D eigenvalue weighted by molar-refractivity contribution is 5.91. The Balaban J connectivity index is 2.08. The van der Waals surface area contributed by atoms with Crippen LogP contribution < -0.4 is 0 Å². The molecule has 1 aromatic heterocycles. The minimum Gasteiger partial charge on any atom is -0.507 e. The molecule has 8 nitrogen and oxygen atoms in total. The lowest BCUT2D eigenvalue weighted by Crippen LogP contribution is -2.03. The lowest BCUT2D eigenvalue weighted by Gasteiger charge is -2.11. The summed E-state index contributed by atoms with van der Waals surface area (Å²) in [5.41, 5.74) is 1.80. The first-order chi connectivity index (χ1) is 13.0. The first-order valence-corrected chi connectivity index (χ1v) is 8.56. The number of carbonyl (C=O) groups excluding carboxylic acids is 1. The zero-order valence-electron chi connectivity index (χ0n) is 15.1. The molecule has 0 aliphatic carbocycles. The molecule has 27 heavy (non-hydrogen) atoms. The largest absolute Gasteiger partial charge is 0.507 e. The van der Waals surface area contributed by atoms with E-state index >= 15 is 0 Å². The summed E-state index contributed by atoms with van der Waals surface area (Å²) in [7, 11) is 1.31. The number of esters is 1. The molecule has 0 unspecified atom stereocenters. The van der Waals surface area contributed by atoms with Crippen molar-refractivity contribution in [2.24, 2.45) is 0 Å². The molecule has 140 valence electrons. The number of aryl methyl sites for hydroxylation is 1. The average Bonchev–Trinajstić information content (AvgIpc) is 3.14. The molecule has 0 atom stereocenters. The van der Waals surface area contributed by atoms with Crippen LogP contribution in [0.5, 0.6) is 11.5 Å². The van der Waals surface area contributed by atoms with Gasteiger partial charge in [0.1, 0.15) is 11.5 Å². The number of phenols is 2. The van der Waals surface area contributed by atoms with Gasteiger partial charge in [-0.15, -0.1) is 5.10 Å². The molecule has 2 aromatic carbocycles. The molecule has 0 saturated heterocycles. The van der Waals surface area contributed by atoms with Crippen LogP contribution in [0.25, 0.3) is 22.5 Å². The highest BCUT2D eigenvalue weighted by Crippen LogP contribution is 2.39. The van der Waals surface area contributed by atoms with Gasteiger partial charge in [0.2, 0.25) is 0 Å². The van der Waals surface area contributed by atoms with Crippen molar-refractivity contribution in [3.63, 3.8) is 0 Å². The van der Waals surface area contributed by atoms with Gasteiger partial charge in [-0.05, 0) is 40.6 Å². The Morgan fingerprint density at radius 1 is 1.15 bits per heavy atom. The number of nitrogens with zero attached hydrogens (tertiary/aromatic N) is 4. The molecule has 0 fully saturated rings. The van der Waals surface area contributed by atoms with Gasteiger partial charge in [0, 0.05) is 18.2 Å². The number of hydrogen-bond acceptors (Lipinski definition) is 7. The minimum absolute atomic E-state index is 0.120. The molecule has 0 radical (unpaired) electrons. The fraction of sp³-hybridized carbons (Fsp3) is 0.263. The predicted molar refractivity (Wildman–Crippen MR) is 98.3 cm³/mol.